The molecule has 0 radical (unpaired) electrons. The van der Waals surface area contributed by atoms with Crippen molar-refractivity contribution in [1.29, 1.82) is 0 Å². The zero-order valence-electron chi connectivity index (χ0n) is 6.18. The van der Waals surface area contributed by atoms with Crippen LogP contribution in [0.4, 0.5) is 0 Å². The first kappa shape index (κ1) is 8.22. The van der Waals surface area contributed by atoms with Gasteiger partial charge in [0.15, 0.2) is 5.03 Å². The average Bonchev–Trinajstić information content (AvgIpc) is 2.36. The van der Waals surface area contributed by atoms with Crippen LogP contribution in [0.15, 0.2) is 17.6 Å². The minimum Gasteiger partial charge on any atom is -0.339 e. The molecule has 0 fully saturated rings. The van der Waals surface area contributed by atoms with Gasteiger partial charge in [0.2, 0.25) is 0 Å². The topological polar surface area (TPSA) is 61.2 Å². The van der Waals surface area contributed by atoms with Crippen molar-refractivity contribution in [1.82, 2.24) is 9.55 Å². The Morgan fingerprint density at radius 1 is 1.64 bits per heavy atom. The van der Waals surface area contributed by atoms with Crippen LogP contribution in [0.3, 0.4) is 0 Å². The van der Waals surface area contributed by atoms with Gasteiger partial charge in [-0.3, -0.25) is 4.18 Å². The van der Waals surface area contributed by atoms with Gasteiger partial charge in [-0.05, 0) is 0 Å². The van der Waals surface area contributed by atoms with E-state index in [0.717, 1.165) is 7.11 Å². The van der Waals surface area contributed by atoms with Gasteiger partial charge in [-0.1, -0.05) is 0 Å². The van der Waals surface area contributed by atoms with E-state index in [0.29, 0.717) is 0 Å². The molecule has 0 bridgehead atoms. The fourth-order valence-electron chi connectivity index (χ4n) is 0.603. The molecule has 0 aliphatic carbocycles. The van der Waals surface area contributed by atoms with Crippen LogP contribution < -0.4 is 0 Å². The molecule has 0 N–H and O–H groups in total. The van der Waals surface area contributed by atoms with Crippen LogP contribution in [0.1, 0.15) is 0 Å². The minimum absolute atomic E-state index is 0.0671. The van der Waals surface area contributed by atoms with Crippen molar-refractivity contribution in [2.24, 2.45) is 7.05 Å². The van der Waals surface area contributed by atoms with Gasteiger partial charge in [-0.25, -0.2) is 4.98 Å². The lowest BCUT2D eigenvalue weighted by Gasteiger charge is -1.93. The van der Waals surface area contributed by atoms with Crippen LogP contribution in [0.2, 0.25) is 0 Å². The molecule has 0 atom stereocenters. The van der Waals surface area contributed by atoms with Crippen molar-refractivity contribution in [3.8, 4) is 0 Å². The standard InChI is InChI=1S/C5H8N2O3S/c1-7-3-5(6-4-7)11(8,9)10-2/h3-4H,1-2H3. The highest BCUT2D eigenvalue weighted by Crippen LogP contribution is 2.06. The summed E-state index contributed by atoms with van der Waals surface area (Å²) in [4.78, 5) is 3.61. The molecular formula is C5H8N2O3S. The van der Waals surface area contributed by atoms with Crippen LogP contribution in [0.25, 0.3) is 0 Å². The molecule has 0 amide bonds. The largest absolute Gasteiger partial charge is 0.339 e. The molecule has 11 heavy (non-hydrogen) atoms. The zero-order valence-corrected chi connectivity index (χ0v) is 7.00. The van der Waals surface area contributed by atoms with E-state index in [1.807, 2.05) is 0 Å². The molecule has 0 aromatic carbocycles. The van der Waals surface area contributed by atoms with E-state index in [1.54, 1.807) is 7.05 Å². The molecule has 0 unspecified atom stereocenters. The molecule has 0 spiro atoms. The second kappa shape index (κ2) is 2.63. The highest BCUT2D eigenvalue weighted by atomic mass is 32.2. The van der Waals surface area contributed by atoms with Crippen molar-refractivity contribution in [2.45, 2.75) is 5.03 Å². The van der Waals surface area contributed by atoms with E-state index in [2.05, 4.69) is 9.17 Å². The summed E-state index contributed by atoms with van der Waals surface area (Å²) in [5.41, 5.74) is 0. The number of hydrogen-bond acceptors (Lipinski definition) is 4. The molecular weight excluding hydrogens is 168 g/mol. The Hall–Kier alpha value is -0.880. The van der Waals surface area contributed by atoms with Crippen molar-refractivity contribution in [3.05, 3.63) is 12.5 Å². The van der Waals surface area contributed by atoms with E-state index in [1.165, 1.54) is 17.1 Å². The lowest BCUT2D eigenvalue weighted by Crippen LogP contribution is -2.02. The van der Waals surface area contributed by atoms with E-state index < -0.39 is 10.1 Å². The predicted molar refractivity (Wildman–Crippen MR) is 37.4 cm³/mol. The summed E-state index contributed by atoms with van der Waals surface area (Å²) in [6, 6.07) is 0. The fourth-order valence-corrected chi connectivity index (χ4v) is 1.25. The number of rotatable bonds is 2. The molecule has 1 rings (SSSR count). The highest BCUT2D eigenvalue weighted by Gasteiger charge is 2.14. The Bertz CT molecular complexity index is 340. The van der Waals surface area contributed by atoms with Gasteiger partial charge < -0.3 is 4.57 Å². The molecule has 0 saturated heterocycles. The number of imidazole rings is 1. The lowest BCUT2D eigenvalue weighted by atomic mass is 10.9. The van der Waals surface area contributed by atoms with Crippen LogP contribution >= 0.6 is 0 Å². The van der Waals surface area contributed by atoms with Crippen molar-refractivity contribution in [3.63, 3.8) is 0 Å². The Balaban J connectivity index is 3.13. The maximum absolute atomic E-state index is 10.9. The third-order valence-corrected chi connectivity index (χ3v) is 2.32. The second-order valence-corrected chi connectivity index (χ2v) is 3.66. The highest BCUT2D eigenvalue weighted by molar-refractivity contribution is 7.86. The summed E-state index contributed by atoms with van der Waals surface area (Å²) < 4.78 is 27.6. The lowest BCUT2D eigenvalue weighted by molar-refractivity contribution is 0.395. The summed E-state index contributed by atoms with van der Waals surface area (Å²) in [5, 5.41) is -0.0671. The third kappa shape index (κ3) is 1.58. The number of hydrogen-bond donors (Lipinski definition) is 0. The molecule has 1 heterocycles. The monoisotopic (exact) mass is 176 g/mol. The normalized spacial score (nSPS) is 11.8. The van der Waals surface area contributed by atoms with E-state index in [-0.39, 0.29) is 5.03 Å². The smallest absolute Gasteiger partial charge is 0.315 e. The zero-order chi connectivity index (χ0) is 8.48. The molecule has 1 aromatic rings. The van der Waals surface area contributed by atoms with Gasteiger partial charge >= 0.3 is 10.1 Å². The minimum atomic E-state index is -3.61. The first-order valence-electron chi connectivity index (χ1n) is 2.85. The second-order valence-electron chi connectivity index (χ2n) is 2.00. The SMILES string of the molecule is COS(=O)(=O)c1cn(C)cn1. The maximum atomic E-state index is 10.9. The molecule has 1 aromatic heterocycles. The first-order chi connectivity index (χ1) is 5.06. The third-order valence-electron chi connectivity index (χ3n) is 1.16. The van der Waals surface area contributed by atoms with Gasteiger partial charge in [0, 0.05) is 13.2 Å². The van der Waals surface area contributed by atoms with Crippen molar-refractivity contribution in [2.75, 3.05) is 7.11 Å². The van der Waals surface area contributed by atoms with Gasteiger partial charge in [0.1, 0.15) is 0 Å². The summed E-state index contributed by atoms with van der Waals surface area (Å²) >= 11 is 0. The van der Waals surface area contributed by atoms with E-state index in [4.69, 9.17) is 0 Å². The van der Waals surface area contributed by atoms with Crippen molar-refractivity contribution < 1.29 is 12.6 Å². The first-order valence-corrected chi connectivity index (χ1v) is 4.25. The number of aryl methyl sites for hydroxylation is 1. The van der Waals surface area contributed by atoms with Crippen molar-refractivity contribution >= 4 is 10.1 Å². The van der Waals surface area contributed by atoms with Crippen LogP contribution in [0, 0.1) is 0 Å². The summed E-state index contributed by atoms with van der Waals surface area (Å²) in [7, 11) is -0.826. The summed E-state index contributed by atoms with van der Waals surface area (Å²) in [6.07, 6.45) is 2.77. The maximum Gasteiger partial charge on any atom is 0.315 e. The Morgan fingerprint density at radius 3 is 2.64 bits per heavy atom. The van der Waals surface area contributed by atoms with E-state index >= 15 is 0 Å². The number of nitrogens with zero attached hydrogens (tertiary/aromatic N) is 2. The Kier molecular flexibility index (Phi) is 1.97. The van der Waals surface area contributed by atoms with Gasteiger partial charge in [-0.2, -0.15) is 8.42 Å². The van der Waals surface area contributed by atoms with Gasteiger partial charge in [0.25, 0.3) is 0 Å². The molecule has 0 aliphatic heterocycles. The van der Waals surface area contributed by atoms with Gasteiger partial charge in [0.05, 0.1) is 13.4 Å². The molecule has 0 aliphatic rings. The number of aromatic nitrogens is 2. The average molecular weight is 176 g/mol. The molecule has 0 saturated carbocycles. The molecule has 62 valence electrons. The summed E-state index contributed by atoms with van der Waals surface area (Å²) in [5.74, 6) is 0. The molecule has 5 nitrogen and oxygen atoms in total. The fraction of sp³-hybridized carbons (Fsp3) is 0.400. The Labute approximate surface area is 64.7 Å². The summed E-state index contributed by atoms with van der Waals surface area (Å²) in [6.45, 7) is 0. The van der Waals surface area contributed by atoms with Crippen LogP contribution in [0.5, 0.6) is 0 Å². The van der Waals surface area contributed by atoms with Crippen LogP contribution in [-0.4, -0.2) is 25.1 Å². The van der Waals surface area contributed by atoms with E-state index in [9.17, 15) is 8.42 Å². The quantitative estimate of drug-likeness (QED) is 0.583. The van der Waals surface area contributed by atoms with Gasteiger partial charge in [-0.15, -0.1) is 0 Å². The molecule has 6 heteroatoms. The Morgan fingerprint density at radius 2 is 2.27 bits per heavy atom. The predicted octanol–water partition coefficient (Wildman–Crippen LogP) is -0.245. The van der Waals surface area contributed by atoms with Crippen LogP contribution in [-0.2, 0) is 21.3 Å².